The molecule has 2 aromatic rings. The van der Waals surface area contributed by atoms with Crippen LogP contribution < -0.4 is 16.0 Å². The number of urea groups is 2. The summed E-state index contributed by atoms with van der Waals surface area (Å²) in [6.45, 7) is 0.437. The Morgan fingerprint density at radius 3 is 2.58 bits per heavy atom. The topological polar surface area (TPSA) is 121 Å². The van der Waals surface area contributed by atoms with Crippen LogP contribution in [0.1, 0.15) is 23.8 Å². The Balaban J connectivity index is 1.65. The van der Waals surface area contributed by atoms with E-state index in [1.54, 1.807) is 12.1 Å². The van der Waals surface area contributed by atoms with Crippen LogP contribution in [-0.2, 0) is 27.8 Å². The highest BCUT2D eigenvalue weighted by atomic mass is 19.4. The molecule has 1 saturated heterocycles. The first-order valence-electron chi connectivity index (χ1n) is 8.92. The fraction of sp³-hybridized carbons (Fsp3) is 0.263. The van der Waals surface area contributed by atoms with Crippen molar-refractivity contribution in [2.24, 2.45) is 0 Å². The molecule has 1 aromatic carbocycles. The summed E-state index contributed by atoms with van der Waals surface area (Å²) in [5.74, 6) is -1.45. The Labute approximate surface area is 173 Å². The first kappa shape index (κ1) is 21.9. The predicted molar refractivity (Wildman–Crippen MR) is 98.1 cm³/mol. The largest absolute Gasteiger partial charge is 0.467 e. The third-order valence-electron chi connectivity index (χ3n) is 4.60. The minimum atomic E-state index is -4.64. The maximum atomic E-state index is 13.0. The van der Waals surface area contributed by atoms with E-state index in [0.29, 0.717) is 10.7 Å². The number of rotatable bonds is 5. The zero-order valence-electron chi connectivity index (χ0n) is 16.1. The van der Waals surface area contributed by atoms with Crippen LogP contribution in [0.2, 0.25) is 0 Å². The van der Waals surface area contributed by atoms with Crippen LogP contribution in [0.3, 0.4) is 0 Å². The molecule has 1 aliphatic rings. The summed E-state index contributed by atoms with van der Waals surface area (Å²) in [5, 5.41) is 6.61. The number of halogens is 3. The molecule has 0 bridgehead atoms. The van der Waals surface area contributed by atoms with Crippen molar-refractivity contribution < 1.29 is 36.8 Å². The minimum absolute atomic E-state index is 0.00284. The Morgan fingerprint density at radius 2 is 1.94 bits per heavy atom. The molecule has 1 atom stereocenters. The number of benzene rings is 1. The molecule has 0 aliphatic carbocycles. The number of carbonyl (C=O) groups is 4. The smallest absolute Gasteiger partial charge is 0.416 e. The molecule has 12 heteroatoms. The standard InChI is InChI=1S/C19H17F3N4O5/c1-18(11-4-2-5-12(8-11)19(20,21)22)15(28)26(17(30)25-18)10-14(27)24-16(29)23-9-13-6-3-7-31-13/h2-8H,9-10H2,1H3,(H,25,30)(H2,23,24,27,29). The van der Waals surface area contributed by atoms with Crippen molar-refractivity contribution >= 4 is 23.9 Å². The second-order valence-electron chi connectivity index (χ2n) is 6.84. The van der Waals surface area contributed by atoms with Crippen LogP contribution in [0.15, 0.2) is 47.1 Å². The molecule has 1 fully saturated rings. The van der Waals surface area contributed by atoms with Gasteiger partial charge in [-0.15, -0.1) is 0 Å². The lowest BCUT2D eigenvalue weighted by molar-refractivity contribution is -0.138. The lowest BCUT2D eigenvalue weighted by Gasteiger charge is -2.23. The van der Waals surface area contributed by atoms with E-state index in [2.05, 4.69) is 10.6 Å². The average molecular weight is 438 g/mol. The number of imide groups is 2. The number of hydrogen-bond donors (Lipinski definition) is 3. The third-order valence-corrected chi connectivity index (χ3v) is 4.60. The summed E-state index contributed by atoms with van der Waals surface area (Å²) in [7, 11) is 0. The van der Waals surface area contributed by atoms with Gasteiger partial charge in [0.05, 0.1) is 18.4 Å². The van der Waals surface area contributed by atoms with Crippen LogP contribution >= 0.6 is 0 Å². The lowest BCUT2D eigenvalue weighted by atomic mass is 9.90. The van der Waals surface area contributed by atoms with E-state index in [-0.39, 0.29) is 12.1 Å². The van der Waals surface area contributed by atoms with Gasteiger partial charge in [-0.1, -0.05) is 12.1 Å². The molecule has 164 valence electrons. The third kappa shape index (κ3) is 4.68. The second-order valence-corrected chi connectivity index (χ2v) is 6.84. The van der Waals surface area contributed by atoms with E-state index in [0.717, 1.165) is 18.2 Å². The van der Waals surface area contributed by atoms with Crippen LogP contribution in [0.25, 0.3) is 0 Å². The molecule has 0 spiro atoms. The van der Waals surface area contributed by atoms with Crippen LogP contribution in [-0.4, -0.2) is 35.3 Å². The first-order valence-corrected chi connectivity index (χ1v) is 8.92. The summed E-state index contributed by atoms with van der Waals surface area (Å²) < 4.78 is 44.0. The second kappa shape index (κ2) is 8.13. The monoisotopic (exact) mass is 438 g/mol. The Hall–Kier alpha value is -3.83. The zero-order valence-corrected chi connectivity index (χ0v) is 16.1. The normalized spacial score (nSPS) is 18.6. The molecular weight excluding hydrogens is 421 g/mol. The van der Waals surface area contributed by atoms with Crippen LogP contribution in [0, 0.1) is 0 Å². The molecule has 6 amide bonds. The van der Waals surface area contributed by atoms with Gasteiger partial charge in [0, 0.05) is 0 Å². The summed E-state index contributed by atoms with van der Waals surface area (Å²) in [6, 6.07) is 5.32. The van der Waals surface area contributed by atoms with Gasteiger partial charge in [-0.05, 0) is 36.8 Å². The maximum Gasteiger partial charge on any atom is 0.416 e. The van der Waals surface area contributed by atoms with Crippen LogP contribution in [0.4, 0.5) is 22.8 Å². The van der Waals surface area contributed by atoms with Gasteiger partial charge in [0.15, 0.2) is 0 Å². The maximum absolute atomic E-state index is 13.0. The molecule has 1 unspecified atom stereocenters. The van der Waals surface area contributed by atoms with E-state index >= 15 is 0 Å². The molecule has 3 N–H and O–H groups in total. The van der Waals surface area contributed by atoms with Gasteiger partial charge in [0.2, 0.25) is 5.91 Å². The molecule has 31 heavy (non-hydrogen) atoms. The van der Waals surface area contributed by atoms with Gasteiger partial charge in [-0.25, -0.2) is 9.59 Å². The zero-order chi connectivity index (χ0) is 22.8. The van der Waals surface area contributed by atoms with Crippen molar-refractivity contribution in [1.29, 1.82) is 0 Å². The van der Waals surface area contributed by atoms with Gasteiger partial charge < -0.3 is 15.1 Å². The fourth-order valence-electron chi connectivity index (χ4n) is 2.98. The summed E-state index contributed by atoms with van der Waals surface area (Å²) >= 11 is 0. The molecular formula is C19H17F3N4O5. The Morgan fingerprint density at radius 1 is 1.19 bits per heavy atom. The van der Waals surface area contributed by atoms with Gasteiger partial charge in [0.1, 0.15) is 17.8 Å². The van der Waals surface area contributed by atoms with Crippen LogP contribution in [0.5, 0.6) is 0 Å². The molecule has 0 saturated carbocycles. The number of furan rings is 1. The lowest BCUT2D eigenvalue weighted by Crippen LogP contribution is -2.46. The minimum Gasteiger partial charge on any atom is -0.467 e. The Kier molecular flexibility index (Phi) is 5.73. The van der Waals surface area contributed by atoms with Gasteiger partial charge in [-0.3, -0.25) is 19.8 Å². The average Bonchev–Trinajstić information content (AvgIpc) is 3.29. The van der Waals surface area contributed by atoms with E-state index in [1.165, 1.54) is 19.3 Å². The SMILES string of the molecule is CC1(c2cccc(C(F)(F)F)c2)NC(=O)N(CC(=O)NC(=O)NCc2ccco2)C1=O. The summed E-state index contributed by atoms with van der Waals surface area (Å²) in [4.78, 5) is 49.4. The number of carbonyl (C=O) groups excluding carboxylic acids is 4. The van der Waals surface area contributed by atoms with E-state index in [4.69, 9.17) is 4.42 Å². The number of amides is 6. The van der Waals surface area contributed by atoms with Crippen molar-refractivity contribution in [3.8, 4) is 0 Å². The highest BCUT2D eigenvalue weighted by molar-refractivity contribution is 6.10. The predicted octanol–water partition coefficient (Wildman–Crippen LogP) is 2.09. The van der Waals surface area contributed by atoms with Crippen molar-refractivity contribution in [2.75, 3.05) is 6.54 Å². The van der Waals surface area contributed by atoms with Crippen molar-refractivity contribution in [2.45, 2.75) is 25.2 Å². The summed E-state index contributed by atoms with van der Waals surface area (Å²) in [6.07, 6.45) is -3.24. The van der Waals surface area contributed by atoms with Gasteiger partial charge in [0.25, 0.3) is 5.91 Å². The summed E-state index contributed by atoms with van der Waals surface area (Å²) in [5.41, 5.74) is -2.89. The van der Waals surface area contributed by atoms with E-state index in [9.17, 15) is 32.3 Å². The molecule has 9 nitrogen and oxygen atoms in total. The molecule has 0 radical (unpaired) electrons. The molecule has 3 rings (SSSR count). The van der Waals surface area contributed by atoms with Crippen molar-refractivity contribution in [3.05, 3.63) is 59.5 Å². The van der Waals surface area contributed by atoms with Gasteiger partial charge in [-0.2, -0.15) is 13.2 Å². The number of alkyl halides is 3. The van der Waals surface area contributed by atoms with Gasteiger partial charge >= 0.3 is 18.2 Å². The fourth-order valence-corrected chi connectivity index (χ4v) is 2.98. The quantitative estimate of drug-likeness (QED) is 0.618. The molecule has 2 heterocycles. The van der Waals surface area contributed by atoms with Crippen molar-refractivity contribution in [1.82, 2.24) is 20.9 Å². The Bertz CT molecular complexity index is 1020. The highest BCUT2D eigenvalue weighted by Gasteiger charge is 2.50. The molecule has 1 aromatic heterocycles. The number of nitrogens with one attached hydrogen (secondary N) is 3. The number of nitrogens with zero attached hydrogens (tertiary/aromatic N) is 1. The first-order chi connectivity index (χ1) is 14.5. The van der Waals surface area contributed by atoms with E-state index < -0.39 is 47.7 Å². The van der Waals surface area contributed by atoms with Crippen molar-refractivity contribution in [3.63, 3.8) is 0 Å². The van der Waals surface area contributed by atoms with E-state index in [1.807, 2.05) is 5.32 Å². The highest BCUT2D eigenvalue weighted by Crippen LogP contribution is 2.34. The molecule has 1 aliphatic heterocycles. The number of hydrogen-bond acceptors (Lipinski definition) is 5.